The van der Waals surface area contributed by atoms with Gasteiger partial charge in [-0.25, -0.2) is 9.67 Å². The lowest BCUT2D eigenvalue weighted by atomic mass is 9.99. The van der Waals surface area contributed by atoms with Crippen LogP contribution in [0.4, 0.5) is 5.82 Å². The van der Waals surface area contributed by atoms with Crippen molar-refractivity contribution in [2.45, 2.75) is 32.7 Å². The number of hydrogen-bond donors (Lipinski definition) is 2. The van der Waals surface area contributed by atoms with E-state index in [1.807, 2.05) is 23.1 Å². The molecule has 1 fully saturated rings. The van der Waals surface area contributed by atoms with E-state index in [-0.39, 0.29) is 24.0 Å². The van der Waals surface area contributed by atoms with Crippen LogP contribution >= 0.6 is 24.0 Å². The first-order valence-corrected chi connectivity index (χ1v) is 11.4. The van der Waals surface area contributed by atoms with Gasteiger partial charge in [0.25, 0.3) is 0 Å². The van der Waals surface area contributed by atoms with E-state index in [0.29, 0.717) is 6.54 Å². The van der Waals surface area contributed by atoms with Gasteiger partial charge in [0.1, 0.15) is 5.82 Å². The van der Waals surface area contributed by atoms with E-state index in [2.05, 4.69) is 73.9 Å². The fraction of sp³-hybridized carbons (Fsp3) is 0.400. The number of benzene rings is 1. The van der Waals surface area contributed by atoms with Crippen molar-refractivity contribution in [2.75, 3.05) is 31.6 Å². The molecule has 0 atom stereocenters. The van der Waals surface area contributed by atoms with Crippen LogP contribution in [0, 0.1) is 5.92 Å². The molecule has 4 rings (SSSR count). The van der Waals surface area contributed by atoms with Gasteiger partial charge in [0.15, 0.2) is 5.96 Å². The molecule has 0 aliphatic carbocycles. The highest BCUT2D eigenvalue weighted by molar-refractivity contribution is 14.0. The molecule has 0 bridgehead atoms. The van der Waals surface area contributed by atoms with E-state index in [1.54, 1.807) is 13.2 Å². The molecular weight excluding hydrogens is 525 g/mol. The smallest absolute Gasteiger partial charge is 0.191 e. The standard InChI is InChI=1S/C25H33N7.HI/c1-20-11-16-31(17-12-20)24-9-6-22(18-28-24)19-29-25(26-2)27-14-10-21-4-7-23(8-5-21)32-15-3-13-30-32;/h3-9,13,15,18,20H,10-12,14,16-17,19H2,1-2H3,(H2,26,27,29);1H. The summed E-state index contributed by atoms with van der Waals surface area (Å²) in [5.74, 6) is 2.71. The van der Waals surface area contributed by atoms with Crippen LogP contribution in [0.1, 0.15) is 30.9 Å². The van der Waals surface area contributed by atoms with Crippen LogP contribution in [-0.2, 0) is 13.0 Å². The highest BCUT2D eigenvalue weighted by atomic mass is 127. The molecule has 0 amide bonds. The number of halogens is 1. The predicted molar refractivity (Wildman–Crippen MR) is 146 cm³/mol. The van der Waals surface area contributed by atoms with Crippen molar-refractivity contribution < 1.29 is 0 Å². The summed E-state index contributed by atoms with van der Waals surface area (Å²) in [6.07, 6.45) is 9.13. The van der Waals surface area contributed by atoms with Crippen molar-refractivity contribution in [1.29, 1.82) is 0 Å². The average Bonchev–Trinajstić information content (AvgIpc) is 3.38. The molecule has 0 unspecified atom stereocenters. The summed E-state index contributed by atoms with van der Waals surface area (Å²) in [5, 5.41) is 11.0. The molecule has 2 aromatic heterocycles. The largest absolute Gasteiger partial charge is 0.357 e. The maximum absolute atomic E-state index is 4.68. The maximum atomic E-state index is 4.68. The zero-order valence-electron chi connectivity index (χ0n) is 19.4. The van der Waals surface area contributed by atoms with E-state index < -0.39 is 0 Å². The molecule has 1 aromatic carbocycles. The number of rotatable bonds is 7. The Morgan fingerprint density at radius 2 is 1.82 bits per heavy atom. The lowest BCUT2D eigenvalue weighted by Gasteiger charge is -2.31. The molecule has 2 N–H and O–H groups in total. The van der Waals surface area contributed by atoms with Crippen molar-refractivity contribution >= 4 is 35.8 Å². The molecule has 1 aliphatic rings. The van der Waals surface area contributed by atoms with Gasteiger partial charge in [0, 0.05) is 51.8 Å². The van der Waals surface area contributed by atoms with Crippen LogP contribution in [0.2, 0.25) is 0 Å². The van der Waals surface area contributed by atoms with Crippen LogP contribution in [0.5, 0.6) is 0 Å². The molecule has 0 saturated carbocycles. The van der Waals surface area contributed by atoms with Crippen molar-refractivity contribution in [2.24, 2.45) is 10.9 Å². The third kappa shape index (κ3) is 7.18. The first-order valence-electron chi connectivity index (χ1n) is 11.4. The van der Waals surface area contributed by atoms with Crippen molar-refractivity contribution in [3.63, 3.8) is 0 Å². The van der Waals surface area contributed by atoms with E-state index in [1.165, 1.54) is 18.4 Å². The van der Waals surface area contributed by atoms with Gasteiger partial charge in [-0.2, -0.15) is 5.10 Å². The van der Waals surface area contributed by atoms with Gasteiger partial charge in [0.05, 0.1) is 5.69 Å². The first-order chi connectivity index (χ1) is 15.7. The number of guanidine groups is 1. The molecule has 7 nitrogen and oxygen atoms in total. The second-order valence-corrected chi connectivity index (χ2v) is 8.41. The van der Waals surface area contributed by atoms with Crippen LogP contribution in [-0.4, -0.2) is 47.4 Å². The highest BCUT2D eigenvalue weighted by Crippen LogP contribution is 2.21. The van der Waals surface area contributed by atoms with E-state index in [4.69, 9.17) is 0 Å². The summed E-state index contributed by atoms with van der Waals surface area (Å²) in [5.41, 5.74) is 3.49. The van der Waals surface area contributed by atoms with Gasteiger partial charge in [-0.3, -0.25) is 4.99 Å². The quantitative estimate of drug-likeness (QED) is 0.260. The van der Waals surface area contributed by atoms with Crippen LogP contribution in [0.25, 0.3) is 5.69 Å². The number of aliphatic imine (C=N–C) groups is 1. The van der Waals surface area contributed by atoms with Crippen molar-refractivity contribution in [3.05, 3.63) is 72.2 Å². The Bertz CT molecular complexity index is 977. The van der Waals surface area contributed by atoms with E-state index >= 15 is 0 Å². The number of nitrogens with zero attached hydrogens (tertiary/aromatic N) is 5. The predicted octanol–water partition coefficient (Wildman–Crippen LogP) is 4.03. The Morgan fingerprint density at radius 3 is 2.45 bits per heavy atom. The number of pyridine rings is 1. The van der Waals surface area contributed by atoms with Gasteiger partial charge in [-0.15, -0.1) is 24.0 Å². The number of aromatic nitrogens is 3. The SMILES string of the molecule is CN=C(NCCc1ccc(-n2cccn2)cc1)NCc1ccc(N2CCC(C)CC2)nc1.I. The van der Waals surface area contributed by atoms with Gasteiger partial charge in [-0.1, -0.05) is 25.1 Å². The van der Waals surface area contributed by atoms with Crippen LogP contribution < -0.4 is 15.5 Å². The second kappa shape index (κ2) is 12.6. The zero-order chi connectivity index (χ0) is 22.2. The number of piperidine rings is 1. The zero-order valence-corrected chi connectivity index (χ0v) is 21.8. The highest BCUT2D eigenvalue weighted by Gasteiger charge is 2.16. The fourth-order valence-corrected chi connectivity index (χ4v) is 3.91. The Labute approximate surface area is 213 Å². The molecule has 0 radical (unpaired) electrons. The number of anilines is 1. The first kappa shape index (κ1) is 25.0. The Kier molecular flexibility index (Phi) is 9.53. The Balaban J connectivity index is 0.00000306. The average molecular weight is 560 g/mol. The molecule has 33 heavy (non-hydrogen) atoms. The molecule has 1 aliphatic heterocycles. The molecular formula is C25H34IN7. The summed E-state index contributed by atoms with van der Waals surface area (Å²) in [6.45, 7) is 6.05. The summed E-state index contributed by atoms with van der Waals surface area (Å²) < 4.78 is 1.86. The van der Waals surface area contributed by atoms with E-state index in [9.17, 15) is 0 Å². The third-order valence-electron chi connectivity index (χ3n) is 6.01. The molecule has 0 spiro atoms. The topological polar surface area (TPSA) is 70.4 Å². The minimum absolute atomic E-state index is 0. The number of hydrogen-bond acceptors (Lipinski definition) is 4. The summed E-state index contributed by atoms with van der Waals surface area (Å²) in [4.78, 5) is 11.4. The minimum atomic E-state index is 0. The van der Waals surface area contributed by atoms with Gasteiger partial charge >= 0.3 is 0 Å². The monoisotopic (exact) mass is 559 g/mol. The molecule has 1 saturated heterocycles. The number of nitrogens with one attached hydrogen (secondary N) is 2. The summed E-state index contributed by atoms with van der Waals surface area (Å²) in [7, 11) is 1.80. The van der Waals surface area contributed by atoms with Gasteiger partial charge < -0.3 is 15.5 Å². The van der Waals surface area contributed by atoms with Crippen molar-refractivity contribution in [3.8, 4) is 5.69 Å². The lowest BCUT2D eigenvalue weighted by molar-refractivity contribution is 0.436. The van der Waals surface area contributed by atoms with E-state index in [0.717, 1.165) is 55.0 Å². The minimum Gasteiger partial charge on any atom is -0.357 e. The van der Waals surface area contributed by atoms with Crippen molar-refractivity contribution in [1.82, 2.24) is 25.4 Å². The molecule has 8 heteroatoms. The Morgan fingerprint density at radius 1 is 1.06 bits per heavy atom. The lowest BCUT2D eigenvalue weighted by Crippen LogP contribution is -2.38. The third-order valence-corrected chi connectivity index (χ3v) is 6.01. The van der Waals surface area contributed by atoms with Crippen LogP contribution in [0.3, 0.4) is 0 Å². The maximum Gasteiger partial charge on any atom is 0.191 e. The Hall–Kier alpha value is -2.62. The van der Waals surface area contributed by atoms with Gasteiger partial charge in [-0.05, 0) is 60.6 Å². The van der Waals surface area contributed by atoms with Crippen LogP contribution in [0.15, 0.2) is 66.0 Å². The summed E-state index contributed by atoms with van der Waals surface area (Å²) in [6, 6.07) is 14.7. The fourth-order valence-electron chi connectivity index (χ4n) is 3.91. The molecule has 3 aromatic rings. The summed E-state index contributed by atoms with van der Waals surface area (Å²) >= 11 is 0. The molecule has 3 heterocycles. The molecule has 176 valence electrons. The second-order valence-electron chi connectivity index (χ2n) is 8.41. The van der Waals surface area contributed by atoms with Gasteiger partial charge in [0.2, 0.25) is 0 Å². The normalized spacial score (nSPS) is 14.6.